The van der Waals surface area contributed by atoms with Gasteiger partial charge in [0, 0.05) is 11.7 Å². The fraction of sp³-hybridized carbons (Fsp3) is 0.500. The lowest BCUT2D eigenvalue weighted by Gasteiger charge is -2.17. The Bertz CT molecular complexity index is 723. The molecule has 0 unspecified atom stereocenters. The number of benzene rings is 1. The van der Waals surface area contributed by atoms with Gasteiger partial charge in [0.2, 0.25) is 5.89 Å². The summed E-state index contributed by atoms with van der Waals surface area (Å²) >= 11 is 1.31. The van der Waals surface area contributed by atoms with Gasteiger partial charge in [0.05, 0.1) is 10.6 Å². The van der Waals surface area contributed by atoms with Gasteiger partial charge in [-0.05, 0) is 25.0 Å². The molecule has 2 aromatic rings. The fourth-order valence-corrected chi connectivity index (χ4v) is 5.21. The van der Waals surface area contributed by atoms with Crippen molar-refractivity contribution in [1.29, 1.82) is 0 Å². The van der Waals surface area contributed by atoms with Gasteiger partial charge in [-0.25, -0.2) is 8.42 Å². The molecular formula is C16H20N2O3S2. The molecule has 0 saturated heterocycles. The van der Waals surface area contributed by atoms with E-state index in [4.69, 9.17) is 4.42 Å². The lowest BCUT2D eigenvalue weighted by Crippen LogP contribution is -2.08. The monoisotopic (exact) mass is 352 g/mol. The largest absolute Gasteiger partial charge is 0.416 e. The van der Waals surface area contributed by atoms with Crippen molar-refractivity contribution >= 4 is 21.6 Å². The number of sulfone groups is 1. The van der Waals surface area contributed by atoms with Crippen LogP contribution in [0.4, 0.5) is 0 Å². The van der Waals surface area contributed by atoms with Gasteiger partial charge in [0.1, 0.15) is 0 Å². The summed E-state index contributed by atoms with van der Waals surface area (Å²) in [7, 11) is -3.25. The van der Waals surface area contributed by atoms with Crippen LogP contribution in [0.15, 0.2) is 44.9 Å². The SMILES string of the molecule is O=S(=O)(CCSc1nnc(C2CCCCC2)o1)c1ccccc1. The number of hydrogen-bond acceptors (Lipinski definition) is 6. The Morgan fingerprint density at radius 2 is 1.83 bits per heavy atom. The second-order valence-electron chi connectivity index (χ2n) is 5.72. The van der Waals surface area contributed by atoms with Crippen LogP contribution in [0.3, 0.4) is 0 Å². The summed E-state index contributed by atoms with van der Waals surface area (Å²) in [5.41, 5.74) is 0. The van der Waals surface area contributed by atoms with E-state index in [1.165, 1.54) is 31.0 Å². The molecule has 0 amide bonds. The summed E-state index contributed by atoms with van der Waals surface area (Å²) in [6.07, 6.45) is 5.92. The Balaban J connectivity index is 1.54. The third-order valence-corrected chi connectivity index (χ3v) is 6.87. The summed E-state index contributed by atoms with van der Waals surface area (Å²) < 4.78 is 30.1. The molecular weight excluding hydrogens is 332 g/mol. The van der Waals surface area contributed by atoms with Crippen molar-refractivity contribution in [2.24, 2.45) is 0 Å². The molecule has 1 aromatic carbocycles. The van der Waals surface area contributed by atoms with Gasteiger partial charge in [-0.3, -0.25) is 0 Å². The lowest BCUT2D eigenvalue weighted by molar-refractivity contribution is 0.334. The summed E-state index contributed by atoms with van der Waals surface area (Å²) in [4.78, 5) is 0.356. The predicted molar refractivity (Wildman–Crippen MR) is 89.3 cm³/mol. The molecule has 0 bridgehead atoms. The minimum absolute atomic E-state index is 0.0584. The molecule has 1 aliphatic carbocycles. The van der Waals surface area contributed by atoms with Crippen LogP contribution in [-0.4, -0.2) is 30.1 Å². The fourth-order valence-electron chi connectivity index (χ4n) is 2.78. The zero-order valence-corrected chi connectivity index (χ0v) is 14.5. The number of hydrogen-bond donors (Lipinski definition) is 0. The maximum atomic E-state index is 12.2. The third kappa shape index (κ3) is 4.35. The highest BCUT2D eigenvalue weighted by Crippen LogP contribution is 2.32. The van der Waals surface area contributed by atoms with Crippen LogP contribution in [0.2, 0.25) is 0 Å². The van der Waals surface area contributed by atoms with Crippen molar-refractivity contribution in [3.8, 4) is 0 Å². The molecule has 0 radical (unpaired) electrons. The number of nitrogens with zero attached hydrogens (tertiary/aromatic N) is 2. The lowest BCUT2D eigenvalue weighted by atomic mass is 9.89. The third-order valence-electron chi connectivity index (χ3n) is 4.06. The van der Waals surface area contributed by atoms with Crippen LogP contribution in [0, 0.1) is 0 Å². The minimum atomic E-state index is -3.25. The first kappa shape index (κ1) is 16.5. The first-order valence-corrected chi connectivity index (χ1v) is 10.5. The van der Waals surface area contributed by atoms with Gasteiger partial charge in [-0.1, -0.05) is 49.2 Å². The Morgan fingerprint density at radius 1 is 1.09 bits per heavy atom. The average Bonchev–Trinajstić information content (AvgIpc) is 3.05. The topological polar surface area (TPSA) is 73.1 Å². The molecule has 7 heteroatoms. The molecule has 124 valence electrons. The van der Waals surface area contributed by atoms with E-state index >= 15 is 0 Å². The molecule has 1 saturated carbocycles. The van der Waals surface area contributed by atoms with Gasteiger partial charge in [-0.2, -0.15) is 0 Å². The summed E-state index contributed by atoms with van der Waals surface area (Å²) in [6.45, 7) is 0. The first-order chi connectivity index (χ1) is 11.1. The van der Waals surface area contributed by atoms with E-state index in [-0.39, 0.29) is 5.75 Å². The molecule has 0 aliphatic heterocycles. The molecule has 1 aliphatic rings. The van der Waals surface area contributed by atoms with Crippen molar-refractivity contribution in [1.82, 2.24) is 10.2 Å². The second kappa shape index (κ2) is 7.49. The molecule has 0 atom stereocenters. The van der Waals surface area contributed by atoms with Crippen LogP contribution in [0.5, 0.6) is 0 Å². The highest BCUT2D eigenvalue weighted by atomic mass is 32.2. The predicted octanol–water partition coefficient (Wildman–Crippen LogP) is 3.68. The van der Waals surface area contributed by atoms with E-state index < -0.39 is 9.84 Å². The van der Waals surface area contributed by atoms with Crippen LogP contribution in [-0.2, 0) is 9.84 Å². The van der Waals surface area contributed by atoms with Crippen LogP contribution in [0.25, 0.3) is 0 Å². The van der Waals surface area contributed by atoms with Crippen LogP contribution >= 0.6 is 11.8 Å². The van der Waals surface area contributed by atoms with Crippen molar-refractivity contribution in [2.45, 2.75) is 48.1 Å². The van der Waals surface area contributed by atoms with Gasteiger partial charge in [-0.15, -0.1) is 10.2 Å². The molecule has 1 aromatic heterocycles. The Labute approximate surface area is 140 Å². The van der Waals surface area contributed by atoms with E-state index in [2.05, 4.69) is 10.2 Å². The highest BCUT2D eigenvalue weighted by Gasteiger charge is 2.21. The Kier molecular flexibility index (Phi) is 5.38. The number of aromatic nitrogens is 2. The van der Waals surface area contributed by atoms with Crippen molar-refractivity contribution in [3.05, 3.63) is 36.2 Å². The smallest absolute Gasteiger partial charge is 0.276 e. The van der Waals surface area contributed by atoms with E-state index in [0.29, 0.717) is 27.7 Å². The zero-order chi connectivity index (χ0) is 16.1. The van der Waals surface area contributed by atoms with Crippen molar-refractivity contribution in [2.75, 3.05) is 11.5 Å². The van der Waals surface area contributed by atoms with E-state index in [9.17, 15) is 8.42 Å². The van der Waals surface area contributed by atoms with Crippen molar-refractivity contribution < 1.29 is 12.8 Å². The van der Waals surface area contributed by atoms with E-state index in [1.54, 1.807) is 30.3 Å². The molecule has 5 nitrogen and oxygen atoms in total. The minimum Gasteiger partial charge on any atom is -0.416 e. The molecule has 1 fully saturated rings. The molecule has 0 N–H and O–H groups in total. The van der Waals surface area contributed by atoms with Gasteiger partial charge in [0.15, 0.2) is 9.84 Å². The molecule has 0 spiro atoms. The Hall–Kier alpha value is -1.34. The molecule has 3 rings (SSSR count). The zero-order valence-electron chi connectivity index (χ0n) is 12.8. The maximum absolute atomic E-state index is 12.2. The second-order valence-corrected chi connectivity index (χ2v) is 8.88. The van der Waals surface area contributed by atoms with Gasteiger partial charge in [0.25, 0.3) is 5.22 Å². The molecule has 23 heavy (non-hydrogen) atoms. The Morgan fingerprint density at radius 3 is 2.57 bits per heavy atom. The first-order valence-electron chi connectivity index (χ1n) is 7.89. The standard InChI is InChI=1S/C16H20N2O3S2/c19-23(20,14-9-5-2-6-10-14)12-11-22-16-18-17-15(21-16)13-7-3-1-4-8-13/h2,5-6,9-10,13H,1,3-4,7-8,11-12H2. The highest BCUT2D eigenvalue weighted by molar-refractivity contribution is 8.00. The van der Waals surface area contributed by atoms with Gasteiger partial charge >= 0.3 is 0 Å². The van der Waals surface area contributed by atoms with Crippen molar-refractivity contribution in [3.63, 3.8) is 0 Å². The molecule has 1 heterocycles. The normalized spacial score (nSPS) is 16.5. The van der Waals surface area contributed by atoms with Crippen LogP contribution < -0.4 is 0 Å². The van der Waals surface area contributed by atoms with Crippen LogP contribution in [0.1, 0.15) is 43.9 Å². The summed E-state index contributed by atoms with van der Waals surface area (Å²) in [5, 5.41) is 8.63. The number of thioether (sulfide) groups is 1. The number of rotatable bonds is 6. The summed E-state index contributed by atoms with van der Waals surface area (Å²) in [5.74, 6) is 1.54. The quantitative estimate of drug-likeness (QED) is 0.738. The van der Waals surface area contributed by atoms with Gasteiger partial charge < -0.3 is 4.42 Å². The van der Waals surface area contributed by atoms with E-state index in [0.717, 1.165) is 12.8 Å². The van der Waals surface area contributed by atoms with E-state index in [1.807, 2.05) is 0 Å². The summed E-state index contributed by atoms with van der Waals surface area (Å²) in [6, 6.07) is 8.50. The maximum Gasteiger partial charge on any atom is 0.276 e. The average molecular weight is 352 g/mol.